The predicted molar refractivity (Wildman–Crippen MR) is 99.1 cm³/mol. The van der Waals surface area contributed by atoms with Gasteiger partial charge in [0.05, 0.1) is 4.90 Å². The van der Waals surface area contributed by atoms with Crippen molar-refractivity contribution in [1.29, 1.82) is 0 Å². The molecule has 1 aliphatic heterocycles. The molecule has 2 rings (SSSR count). The maximum atomic E-state index is 12.0. The zero-order valence-corrected chi connectivity index (χ0v) is 15.7. The summed E-state index contributed by atoms with van der Waals surface area (Å²) < 4.78 is 26.4. The highest BCUT2D eigenvalue weighted by atomic mass is 32.2. The molecule has 1 heterocycles. The summed E-state index contributed by atoms with van der Waals surface area (Å²) in [6, 6.07) is 7.08. The third-order valence-corrected chi connectivity index (χ3v) is 5.52. The number of nitrogens with zero attached hydrogens (tertiary/aromatic N) is 1. The highest BCUT2D eigenvalue weighted by Gasteiger charge is 2.29. The van der Waals surface area contributed by atoms with Crippen LogP contribution in [0, 0.1) is 0 Å². The predicted octanol–water partition coefficient (Wildman–Crippen LogP) is 2.59. The molecule has 2 N–H and O–H groups in total. The first-order valence-electron chi connectivity index (χ1n) is 8.90. The van der Waals surface area contributed by atoms with Gasteiger partial charge in [-0.15, -0.1) is 0 Å². The number of unbranched alkanes of at least 4 members (excludes halogenated alkanes) is 2. The van der Waals surface area contributed by atoms with E-state index < -0.39 is 10.0 Å². The molecule has 0 aliphatic carbocycles. The maximum Gasteiger partial charge on any atom is 0.263 e. The van der Waals surface area contributed by atoms with Crippen molar-refractivity contribution in [2.75, 3.05) is 6.54 Å². The molecule has 0 aromatic heterocycles. The van der Waals surface area contributed by atoms with Gasteiger partial charge in [0.1, 0.15) is 5.84 Å². The Morgan fingerprint density at radius 2 is 2.00 bits per heavy atom. The molecular formula is C18H27N3O3S. The monoisotopic (exact) mass is 365 g/mol. The zero-order chi connectivity index (χ0) is 18.3. The number of aliphatic imine (C=N–C) groups is 1. The summed E-state index contributed by atoms with van der Waals surface area (Å²) in [5, 5.41) is 2.99. The van der Waals surface area contributed by atoms with Gasteiger partial charge in [-0.1, -0.05) is 31.9 Å². The second kappa shape index (κ2) is 8.99. The third kappa shape index (κ3) is 5.56. The van der Waals surface area contributed by atoms with Crippen LogP contribution in [0.25, 0.3) is 0 Å². The molecule has 1 unspecified atom stereocenters. The summed E-state index contributed by atoms with van der Waals surface area (Å²) in [6.45, 7) is 4.67. The molecule has 0 saturated carbocycles. The average Bonchev–Trinajstić information content (AvgIpc) is 2.82. The first-order valence-corrected chi connectivity index (χ1v) is 10.4. The number of sulfonamides is 1. The summed E-state index contributed by atoms with van der Waals surface area (Å²) in [5.41, 5.74) is 0.631. The average molecular weight is 365 g/mol. The molecule has 0 fully saturated rings. The Bertz CT molecular complexity index is 729. The molecule has 6 nitrogen and oxygen atoms in total. The summed E-state index contributed by atoms with van der Waals surface area (Å²) in [5.74, 6) is 0.520. The zero-order valence-electron chi connectivity index (χ0n) is 14.9. The van der Waals surface area contributed by atoms with Crippen molar-refractivity contribution < 1.29 is 13.2 Å². The third-order valence-electron chi connectivity index (χ3n) is 4.12. The standard InChI is InChI=1S/C18H27N3O3S/c1-3-9-14(2)20-17(22)12-5-4-8-13-19-18-15-10-6-7-11-16(15)25(23,24)21-18/h6-7,10-11,14H,3-5,8-9,12-13H2,1-2H3,(H,19,21)(H,20,22). The summed E-state index contributed by atoms with van der Waals surface area (Å²) >= 11 is 0. The van der Waals surface area contributed by atoms with Crippen LogP contribution in [0.5, 0.6) is 0 Å². The van der Waals surface area contributed by atoms with E-state index in [-0.39, 0.29) is 16.8 Å². The van der Waals surface area contributed by atoms with Gasteiger partial charge in [0.2, 0.25) is 5.91 Å². The molecule has 25 heavy (non-hydrogen) atoms. The van der Waals surface area contributed by atoms with Crippen LogP contribution >= 0.6 is 0 Å². The molecule has 0 bridgehead atoms. The van der Waals surface area contributed by atoms with E-state index in [2.05, 4.69) is 22.0 Å². The smallest absolute Gasteiger partial charge is 0.263 e. The van der Waals surface area contributed by atoms with Crippen LogP contribution < -0.4 is 10.0 Å². The lowest BCUT2D eigenvalue weighted by Crippen LogP contribution is -2.32. The van der Waals surface area contributed by atoms with Gasteiger partial charge in [-0.05, 0) is 38.3 Å². The number of rotatable bonds is 9. The normalized spacial score (nSPS) is 17.8. The van der Waals surface area contributed by atoms with Crippen LogP contribution in [0.1, 0.15) is 57.9 Å². The number of nitrogens with one attached hydrogen (secondary N) is 2. The maximum absolute atomic E-state index is 12.0. The molecule has 0 saturated heterocycles. The van der Waals surface area contributed by atoms with Gasteiger partial charge in [0.15, 0.2) is 0 Å². The van der Waals surface area contributed by atoms with E-state index in [9.17, 15) is 13.2 Å². The Morgan fingerprint density at radius 1 is 1.24 bits per heavy atom. The second-order valence-corrected chi connectivity index (χ2v) is 8.05. The molecule has 7 heteroatoms. The van der Waals surface area contributed by atoms with Crippen LogP contribution in [0.3, 0.4) is 0 Å². The highest BCUT2D eigenvalue weighted by molar-refractivity contribution is 7.90. The molecule has 1 atom stereocenters. The van der Waals surface area contributed by atoms with Crippen molar-refractivity contribution in [2.45, 2.75) is 63.3 Å². The molecule has 0 radical (unpaired) electrons. The van der Waals surface area contributed by atoms with E-state index in [1.54, 1.807) is 24.3 Å². The number of carbonyl (C=O) groups excluding carboxylic acids is 1. The molecular weight excluding hydrogens is 338 g/mol. The lowest BCUT2D eigenvalue weighted by molar-refractivity contribution is -0.121. The van der Waals surface area contributed by atoms with Gasteiger partial charge in [0.25, 0.3) is 10.0 Å². The lowest BCUT2D eigenvalue weighted by Gasteiger charge is -2.12. The quantitative estimate of drug-likeness (QED) is 0.659. The number of amidine groups is 1. The number of amides is 1. The Labute approximate surface area is 150 Å². The van der Waals surface area contributed by atoms with Crippen LogP contribution in [0.4, 0.5) is 0 Å². The van der Waals surface area contributed by atoms with Gasteiger partial charge < -0.3 is 5.32 Å². The SMILES string of the molecule is CCCC(C)NC(=O)CCCCCN=C1NS(=O)(=O)c2ccccc21. The summed E-state index contributed by atoms with van der Waals surface area (Å²) in [7, 11) is -3.46. The summed E-state index contributed by atoms with van der Waals surface area (Å²) in [4.78, 5) is 16.4. The van der Waals surface area contributed by atoms with Crippen molar-refractivity contribution in [3.8, 4) is 0 Å². The van der Waals surface area contributed by atoms with Gasteiger partial charge in [-0.2, -0.15) is 0 Å². The van der Waals surface area contributed by atoms with E-state index in [4.69, 9.17) is 0 Å². The molecule has 1 aliphatic rings. The summed E-state index contributed by atoms with van der Waals surface area (Å²) in [6.07, 6.45) is 5.12. The van der Waals surface area contributed by atoms with E-state index in [1.807, 2.05) is 6.92 Å². The fourth-order valence-corrected chi connectivity index (χ4v) is 4.12. The van der Waals surface area contributed by atoms with Crippen molar-refractivity contribution in [1.82, 2.24) is 10.0 Å². The van der Waals surface area contributed by atoms with E-state index in [0.717, 1.165) is 32.1 Å². The van der Waals surface area contributed by atoms with Gasteiger partial charge in [-0.25, -0.2) is 8.42 Å². The minimum absolute atomic E-state index is 0.102. The molecule has 138 valence electrons. The fourth-order valence-electron chi connectivity index (χ4n) is 2.87. The van der Waals surface area contributed by atoms with Gasteiger partial charge in [-0.3, -0.25) is 14.5 Å². The second-order valence-electron chi connectivity index (χ2n) is 6.40. The molecule has 0 spiro atoms. The van der Waals surface area contributed by atoms with Crippen LogP contribution in [-0.2, 0) is 14.8 Å². The minimum Gasteiger partial charge on any atom is -0.354 e. The van der Waals surface area contributed by atoms with Crippen molar-refractivity contribution in [2.24, 2.45) is 4.99 Å². The first-order chi connectivity index (χ1) is 11.9. The topological polar surface area (TPSA) is 87.6 Å². The number of fused-ring (bicyclic) bond motifs is 1. The lowest BCUT2D eigenvalue weighted by atomic mass is 10.1. The van der Waals surface area contributed by atoms with Gasteiger partial charge >= 0.3 is 0 Å². The van der Waals surface area contributed by atoms with Crippen LogP contribution in [0.15, 0.2) is 34.2 Å². The van der Waals surface area contributed by atoms with E-state index in [1.165, 1.54) is 0 Å². The molecule has 1 aromatic rings. The molecule has 1 aromatic carbocycles. The van der Waals surface area contributed by atoms with Crippen LogP contribution in [0.2, 0.25) is 0 Å². The Balaban J connectivity index is 1.72. The van der Waals surface area contributed by atoms with Gasteiger partial charge in [0, 0.05) is 24.6 Å². The van der Waals surface area contributed by atoms with Crippen LogP contribution in [-0.4, -0.2) is 32.7 Å². The number of hydrogen-bond acceptors (Lipinski definition) is 4. The van der Waals surface area contributed by atoms with E-state index in [0.29, 0.717) is 24.4 Å². The van der Waals surface area contributed by atoms with Crippen molar-refractivity contribution in [3.05, 3.63) is 29.8 Å². The molecule has 1 amide bonds. The number of carbonyl (C=O) groups is 1. The van der Waals surface area contributed by atoms with Crippen molar-refractivity contribution >= 4 is 21.8 Å². The first kappa shape index (κ1) is 19.4. The van der Waals surface area contributed by atoms with E-state index >= 15 is 0 Å². The minimum atomic E-state index is -3.46. The fraction of sp³-hybridized carbons (Fsp3) is 0.556. The van der Waals surface area contributed by atoms with Crippen molar-refractivity contribution in [3.63, 3.8) is 0 Å². The Morgan fingerprint density at radius 3 is 2.76 bits per heavy atom. The Hall–Kier alpha value is -1.89. The number of benzene rings is 1. The Kier molecular flexibility index (Phi) is 6.99. The number of hydrogen-bond donors (Lipinski definition) is 2. The largest absolute Gasteiger partial charge is 0.354 e. The highest BCUT2D eigenvalue weighted by Crippen LogP contribution is 2.22.